The third kappa shape index (κ3) is 5.43. The Labute approximate surface area is 199 Å². The second-order valence-corrected chi connectivity index (χ2v) is 8.55. The highest BCUT2D eigenvalue weighted by molar-refractivity contribution is 7.80. The maximum Gasteiger partial charge on any atom is 0.232 e. The molecule has 0 atom stereocenters. The van der Waals surface area contributed by atoms with E-state index in [9.17, 15) is 0 Å². The number of furan rings is 1. The summed E-state index contributed by atoms with van der Waals surface area (Å²) in [4.78, 5) is 14.0. The second-order valence-electron chi connectivity index (χ2n) is 8.14. The molecule has 0 saturated carbocycles. The summed E-state index contributed by atoms with van der Waals surface area (Å²) in [6, 6.07) is 16.0. The molecule has 2 aliphatic rings. The van der Waals surface area contributed by atoms with Crippen LogP contribution in [0.3, 0.4) is 0 Å². The normalized spacial score (nSPS) is 16.1. The van der Waals surface area contributed by atoms with Crippen molar-refractivity contribution < 1.29 is 9.15 Å². The third-order valence-corrected chi connectivity index (χ3v) is 6.08. The van der Waals surface area contributed by atoms with Crippen LogP contribution in [0.4, 0.5) is 17.6 Å². The van der Waals surface area contributed by atoms with E-state index in [-0.39, 0.29) is 0 Å². The summed E-state index contributed by atoms with van der Waals surface area (Å²) in [6.07, 6.45) is 2.38. The molecule has 5 rings (SSSR count). The zero-order valence-corrected chi connectivity index (χ0v) is 19.3. The first-order valence-corrected chi connectivity index (χ1v) is 11.8. The van der Waals surface area contributed by atoms with Gasteiger partial charge in [0.1, 0.15) is 23.2 Å². The molecular formula is C24H28N6O2S. The lowest BCUT2D eigenvalue weighted by molar-refractivity contribution is 0.122. The van der Waals surface area contributed by atoms with Gasteiger partial charge in [-0.1, -0.05) is 30.3 Å². The second kappa shape index (κ2) is 10.2. The first kappa shape index (κ1) is 21.7. The van der Waals surface area contributed by atoms with E-state index in [0.29, 0.717) is 30.8 Å². The first-order chi connectivity index (χ1) is 16.2. The van der Waals surface area contributed by atoms with E-state index in [1.807, 2.05) is 42.5 Å². The number of thiocarbonyl (C=S) groups is 1. The van der Waals surface area contributed by atoms with Crippen molar-refractivity contribution in [2.45, 2.75) is 19.4 Å². The van der Waals surface area contributed by atoms with Crippen LogP contribution in [0.5, 0.6) is 0 Å². The molecule has 1 aromatic carbocycles. The van der Waals surface area contributed by atoms with E-state index in [1.165, 1.54) is 12.8 Å². The van der Waals surface area contributed by atoms with Gasteiger partial charge in [-0.25, -0.2) is 0 Å². The summed E-state index contributed by atoms with van der Waals surface area (Å²) in [5.41, 5.74) is 1.05. The van der Waals surface area contributed by atoms with Crippen LogP contribution in [0.2, 0.25) is 0 Å². The molecule has 33 heavy (non-hydrogen) atoms. The molecule has 2 aromatic heterocycles. The van der Waals surface area contributed by atoms with Crippen molar-refractivity contribution in [1.82, 2.24) is 15.3 Å². The fraction of sp³-hybridized carbons (Fsp3) is 0.375. The van der Waals surface area contributed by atoms with Crippen molar-refractivity contribution in [1.29, 1.82) is 0 Å². The van der Waals surface area contributed by atoms with Crippen LogP contribution in [-0.4, -0.2) is 54.5 Å². The van der Waals surface area contributed by atoms with E-state index in [0.717, 1.165) is 54.9 Å². The Bertz CT molecular complexity index is 1080. The fourth-order valence-electron chi connectivity index (χ4n) is 4.08. The molecular weight excluding hydrogens is 436 g/mol. The van der Waals surface area contributed by atoms with Crippen LogP contribution in [-0.2, 0) is 11.3 Å². The van der Waals surface area contributed by atoms with Gasteiger partial charge in [0.05, 0.1) is 19.8 Å². The quantitative estimate of drug-likeness (QED) is 0.531. The molecule has 172 valence electrons. The number of nitrogens with zero attached hydrogens (tertiary/aromatic N) is 4. The van der Waals surface area contributed by atoms with Crippen LogP contribution in [0.1, 0.15) is 18.6 Å². The zero-order valence-electron chi connectivity index (χ0n) is 18.5. The molecule has 4 heterocycles. The lowest BCUT2D eigenvalue weighted by Gasteiger charge is -2.29. The minimum absolute atomic E-state index is 0.458. The number of hydrogen-bond acceptors (Lipinski definition) is 7. The molecule has 2 fully saturated rings. The Morgan fingerprint density at radius 3 is 2.33 bits per heavy atom. The SMILES string of the molecule is S=C(NCc1ccc(-c2ccccc2)o1)Nc1nc(N2CCCC2)cc(N2CCOCC2)n1. The van der Waals surface area contributed by atoms with Crippen LogP contribution in [0.25, 0.3) is 11.3 Å². The van der Waals surface area contributed by atoms with E-state index >= 15 is 0 Å². The first-order valence-electron chi connectivity index (χ1n) is 11.4. The molecule has 0 amide bonds. The molecule has 0 spiro atoms. The Balaban J connectivity index is 1.25. The van der Waals surface area contributed by atoms with Crippen molar-refractivity contribution in [3.05, 3.63) is 54.3 Å². The number of nitrogens with one attached hydrogen (secondary N) is 2. The topological polar surface area (TPSA) is 78.7 Å². The van der Waals surface area contributed by atoms with E-state index in [2.05, 4.69) is 26.5 Å². The molecule has 9 heteroatoms. The average molecular weight is 465 g/mol. The summed E-state index contributed by atoms with van der Waals surface area (Å²) >= 11 is 5.52. The Morgan fingerprint density at radius 1 is 0.909 bits per heavy atom. The Hall–Kier alpha value is -3.17. The number of rotatable bonds is 6. The summed E-state index contributed by atoms with van der Waals surface area (Å²) in [5.74, 6) is 3.98. The van der Waals surface area contributed by atoms with Crippen LogP contribution in [0, 0.1) is 0 Å². The molecule has 2 saturated heterocycles. The summed E-state index contributed by atoms with van der Waals surface area (Å²) in [6.45, 7) is 5.57. The number of ether oxygens (including phenoxy) is 1. The average Bonchev–Trinajstić information content (AvgIpc) is 3.56. The molecule has 0 aliphatic carbocycles. The van der Waals surface area contributed by atoms with E-state index < -0.39 is 0 Å². The smallest absolute Gasteiger partial charge is 0.232 e. The van der Waals surface area contributed by atoms with Gasteiger partial charge in [-0.3, -0.25) is 0 Å². The molecule has 8 nitrogen and oxygen atoms in total. The number of aromatic nitrogens is 2. The van der Waals surface area contributed by atoms with Crippen molar-refractivity contribution in [2.75, 3.05) is 54.5 Å². The van der Waals surface area contributed by atoms with Gasteiger partial charge in [0.2, 0.25) is 5.95 Å². The summed E-state index contributed by atoms with van der Waals surface area (Å²) in [7, 11) is 0. The van der Waals surface area contributed by atoms with E-state index in [4.69, 9.17) is 31.3 Å². The lowest BCUT2D eigenvalue weighted by atomic mass is 10.2. The van der Waals surface area contributed by atoms with Crippen molar-refractivity contribution in [3.63, 3.8) is 0 Å². The minimum Gasteiger partial charge on any atom is -0.459 e. The standard InChI is InChI=1S/C24H28N6O2S/c33-24(25-17-19-8-9-20(32-19)18-6-2-1-3-7-18)28-23-26-21(29-10-4-5-11-29)16-22(27-23)30-12-14-31-15-13-30/h1-3,6-9,16H,4-5,10-15,17H2,(H2,25,26,27,28,33). The maximum atomic E-state index is 5.95. The number of hydrogen-bond donors (Lipinski definition) is 2. The Morgan fingerprint density at radius 2 is 1.61 bits per heavy atom. The summed E-state index contributed by atoms with van der Waals surface area (Å²) in [5, 5.41) is 6.82. The van der Waals surface area contributed by atoms with Gasteiger partial charge in [-0.2, -0.15) is 9.97 Å². The van der Waals surface area contributed by atoms with Gasteiger partial charge < -0.3 is 29.6 Å². The number of benzene rings is 1. The molecule has 2 N–H and O–H groups in total. The van der Waals surface area contributed by atoms with Crippen molar-refractivity contribution in [2.24, 2.45) is 0 Å². The van der Waals surface area contributed by atoms with Crippen LogP contribution in [0.15, 0.2) is 52.9 Å². The predicted octanol–water partition coefficient (Wildman–Crippen LogP) is 3.66. The summed E-state index contributed by atoms with van der Waals surface area (Å²) < 4.78 is 11.4. The van der Waals surface area contributed by atoms with Crippen molar-refractivity contribution >= 4 is 34.9 Å². The largest absolute Gasteiger partial charge is 0.459 e. The van der Waals surface area contributed by atoms with Gasteiger partial charge >= 0.3 is 0 Å². The van der Waals surface area contributed by atoms with Gasteiger partial charge in [0.25, 0.3) is 0 Å². The molecule has 0 bridgehead atoms. The minimum atomic E-state index is 0.458. The highest BCUT2D eigenvalue weighted by Gasteiger charge is 2.20. The molecule has 3 aromatic rings. The lowest BCUT2D eigenvalue weighted by Crippen LogP contribution is -2.37. The van der Waals surface area contributed by atoms with Crippen molar-refractivity contribution in [3.8, 4) is 11.3 Å². The van der Waals surface area contributed by atoms with Gasteiger partial charge in [-0.15, -0.1) is 0 Å². The van der Waals surface area contributed by atoms with Gasteiger partial charge in [0, 0.05) is 37.8 Å². The Kier molecular flexibility index (Phi) is 6.68. The monoisotopic (exact) mass is 464 g/mol. The van der Waals surface area contributed by atoms with E-state index in [1.54, 1.807) is 0 Å². The van der Waals surface area contributed by atoms with Crippen LogP contribution < -0.4 is 20.4 Å². The molecule has 0 radical (unpaired) electrons. The fourth-order valence-corrected chi connectivity index (χ4v) is 4.25. The number of morpholine rings is 1. The number of anilines is 3. The molecule has 2 aliphatic heterocycles. The van der Waals surface area contributed by atoms with Crippen LogP contribution >= 0.6 is 12.2 Å². The predicted molar refractivity (Wildman–Crippen MR) is 134 cm³/mol. The third-order valence-electron chi connectivity index (χ3n) is 5.83. The van der Waals surface area contributed by atoms with Gasteiger partial charge in [0.15, 0.2) is 5.11 Å². The highest BCUT2D eigenvalue weighted by atomic mass is 32.1. The zero-order chi connectivity index (χ0) is 22.5. The highest BCUT2D eigenvalue weighted by Crippen LogP contribution is 2.25. The molecule has 0 unspecified atom stereocenters. The van der Waals surface area contributed by atoms with Gasteiger partial charge in [-0.05, 0) is 37.2 Å². The maximum absolute atomic E-state index is 5.95.